The quantitative estimate of drug-likeness (QED) is 0.641. The monoisotopic (exact) mass is 408 g/mol. The Hall–Kier alpha value is -3.26. The van der Waals surface area contributed by atoms with Crippen LogP contribution in [0.25, 0.3) is 11.3 Å². The number of carbonyl (C=O) groups is 1. The number of aryl methyl sites for hydroxylation is 2. The molecule has 3 heterocycles. The summed E-state index contributed by atoms with van der Waals surface area (Å²) < 4.78 is 16.5. The molecule has 1 amide bonds. The first kappa shape index (κ1) is 20.0. The largest absolute Gasteiger partial charge is 0.497 e. The van der Waals surface area contributed by atoms with Crippen LogP contribution in [0.3, 0.4) is 0 Å². The third kappa shape index (κ3) is 4.04. The van der Waals surface area contributed by atoms with Crippen LogP contribution < -0.4 is 4.74 Å². The highest BCUT2D eigenvalue weighted by molar-refractivity contribution is 5.79. The molecule has 8 nitrogen and oxygen atoms in total. The van der Waals surface area contributed by atoms with Crippen LogP contribution >= 0.6 is 0 Å². The van der Waals surface area contributed by atoms with E-state index in [9.17, 15) is 4.79 Å². The summed E-state index contributed by atoms with van der Waals surface area (Å²) in [5.41, 5.74) is 3.92. The lowest BCUT2D eigenvalue weighted by Crippen LogP contribution is -2.43. The molecule has 0 bridgehead atoms. The molecule has 0 radical (unpaired) electrons. The first-order valence-electron chi connectivity index (χ1n) is 9.83. The van der Waals surface area contributed by atoms with Crippen molar-refractivity contribution in [2.24, 2.45) is 0 Å². The van der Waals surface area contributed by atoms with E-state index in [4.69, 9.17) is 14.0 Å². The van der Waals surface area contributed by atoms with Gasteiger partial charge in [0.15, 0.2) is 0 Å². The van der Waals surface area contributed by atoms with E-state index in [1.54, 1.807) is 19.5 Å². The van der Waals surface area contributed by atoms with E-state index in [2.05, 4.69) is 15.1 Å². The number of benzene rings is 1. The highest BCUT2D eigenvalue weighted by atomic mass is 16.5. The molecule has 8 heteroatoms. The second-order valence-corrected chi connectivity index (χ2v) is 7.20. The number of amides is 1. The first-order valence-corrected chi connectivity index (χ1v) is 9.83. The number of rotatable bonds is 5. The van der Waals surface area contributed by atoms with Crippen molar-refractivity contribution in [3.8, 4) is 17.0 Å². The van der Waals surface area contributed by atoms with E-state index in [0.29, 0.717) is 31.2 Å². The van der Waals surface area contributed by atoms with E-state index >= 15 is 0 Å². The summed E-state index contributed by atoms with van der Waals surface area (Å²) in [5.74, 6) is 1.44. The number of methoxy groups -OCH3 is 1. The molecular weight excluding hydrogens is 384 g/mol. The Labute approximate surface area is 174 Å². The fraction of sp³-hybridized carbons (Fsp3) is 0.364. The van der Waals surface area contributed by atoms with Crippen LogP contribution in [0.5, 0.6) is 5.75 Å². The molecule has 3 aromatic rings. The molecule has 1 aromatic carbocycles. The second-order valence-electron chi connectivity index (χ2n) is 7.20. The van der Waals surface area contributed by atoms with Gasteiger partial charge in [-0.25, -0.2) is 0 Å². The minimum atomic E-state index is -0.359. The Morgan fingerprint density at radius 3 is 2.87 bits per heavy atom. The van der Waals surface area contributed by atoms with E-state index in [1.165, 1.54) is 0 Å². The number of hydrogen-bond donors (Lipinski definition) is 0. The third-order valence-electron chi connectivity index (χ3n) is 5.30. The fourth-order valence-electron chi connectivity index (χ4n) is 3.64. The molecule has 1 aliphatic rings. The predicted molar refractivity (Wildman–Crippen MR) is 109 cm³/mol. The van der Waals surface area contributed by atoms with Crippen LogP contribution in [0, 0.1) is 13.8 Å². The van der Waals surface area contributed by atoms with Crippen molar-refractivity contribution in [1.82, 2.24) is 20.0 Å². The predicted octanol–water partition coefficient (Wildman–Crippen LogP) is 2.90. The maximum Gasteiger partial charge on any atom is 0.227 e. The van der Waals surface area contributed by atoms with Gasteiger partial charge in [0.1, 0.15) is 17.6 Å². The van der Waals surface area contributed by atoms with Crippen LogP contribution in [0.2, 0.25) is 0 Å². The van der Waals surface area contributed by atoms with Crippen LogP contribution in [0.1, 0.15) is 28.8 Å². The van der Waals surface area contributed by atoms with Gasteiger partial charge < -0.3 is 18.9 Å². The zero-order chi connectivity index (χ0) is 21.1. The summed E-state index contributed by atoms with van der Waals surface area (Å²) in [7, 11) is 1.63. The highest BCUT2D eigenvalue weighted by Crippen LogP contribution is 2.31. The molecule has 1 fully saturated rings. The number of carbonyl (C=O) groups excluding carboxylic acids is 1. The summed E-state index contributed by atoms with van der Waals surface area (Å²) >= 11 is 0. The van der Waals surface area contributed by atoms with Gasteiger partial charge in [-0.1, -0.05) is 17.3 Å². The van der Waals surface area contributed by atoms with E-state index in [-0.39, 0.29) is 18.4 Å². The molecule has 1 saturated heterocycles. The van der Waals surface area contributed by atoms with Gasteiger partial charge in [-0.3, -0.25) is 14.8 Å². The van der Waals surface area contributed by atoms with Gasteiger partial charge in [-0.2, -0.15) is 0 Å². The zero-order valence-electron chi connectivity index (χ0n) is 17.3. The molecule has 0 spiro atoms. The van der Waals surface area contributed by atoms with Gasteiger partial charge in [0.05, 0.1) is 43.8 Å². The topological polar surface area (TPSA) is 90.6 Å². The molecule has 30 heavy (non-hydrogen) atoms. The van der Waals surface area contributed by atoms with Crippen LogP contribution in [-0.2, 0) is 16.0 Å². The van der Waals surface area contributed by atoms with Crippen LogP contribution in [-0.4, -0.2) is 52.7 Å². The Morgan fingerprint density at radius 2 is 2.10 bits per heavy atom. The van der Waals surface area contributed by atoms with Crippen molar-refractivity contribution < 1.29 is 18.8 Å². The zero-order valence-corrected chi connectivity index (χ0v) is 17.3. The third-order valence-corrected chi connectivity index (χ3v) is 5.30. The molecule has 2 aromatic heterocycles. The van der Waals surface area contributed by atoms with Gasteiger partial charge in [-0.05, 0) is 26.0 Å². The van der Waals surface area contributed by atoms with Crippen molar-refractivity contribution in [3.63, 3.8) is 0 Å². The van der Waals surface area contributed by atoms with E-state index in [1.807, 2.05) is 43.0 Å². The van der Waals surface area contributed by atoms with Crippen molar-refractivity contribution >= 4 is 5.91 Å². The molecule has 0 N–H and O–H groups in total. The van der Waals surface area contributed by atoms with Gasteiger partial charge in [0, 0.05) is 30.1 Å². The van der Waals surface area contributed by atoms with Crippen LogP contribution in [0.15, 0.2) is 41.2 Å². The molecule has 1 atom stereocenters. The maximum absolute atomic E-state index is 12.9. The van der Waals surface area contributed by atoms with Gasteiger partial charge >= 0.3 is 0 Å². The fourth-order valence-corrected chi connectivity index (χ4v) is 3.64. The number of aromatic nitrogens is 3. The number of hydrogen-bond acceptors (Lipinski definition) is 7. The molecule has 0 saturated carbocycles. The van der Waals surface area contributed by atoms with E-state index < -0.39 is 0 Å². The lowest BCUT2D eigenvalue weighted by Gasteiger charge is -2.33. The standard InChI is InChI=1S/C22H24N4O4/c1-14-18(15(2)30-25-14)12-20(27)26-9-10-29-19(13-26)22-21(23-7-8-24-22)16-5-4-6-17(11-16)28-3/h4-8,11,19H,9-10,12-13H2,1-3H3. The molecule has 156 valence electrons. The average molecular weight is 408 g/mol. The number of morpholine rings is 1. The highest BCUT2D eigenvalue weighted by Gasteiger charge is 2.29. The Morgan fingerprint density at radius 1 is 1.27 bits per heavy atom. The number of ether oxygens (including phenoxy) is 2. The Kier molecular flexibility index (Phi) is 5.76. The van der Waals surface area contributed by atoms with Crippen LogP contribution in [0.4, 0.5) is 0 Å². The van der Waals surface area contributed by atoms with Gasteiger partial charge in [0.2, 0.25) is 5.91 Å². The summed E-state index contributed by atoms with van der Waals surface area (Å²) in [6, 6.07) is 7.66. The summed E-state index contributed by atoms with van der Waals surface area (Å²) in [4.78, 5) is 23.8. The minimum absolute atomic E-state index is 0.0181. The maximum atomic E-state index is 12.9. The lowest BCUT2D eigenvalue weighted by atomic mass is 10.0. The molecule has 0 aliphatic carbocycles. The van der Waals surface area contributed by atoms with Crippen molar-refractivity contribution in [3.05, 3.63) is 59.4 Å². The van der Waals surface area contributed by atoms with Crippen molar-refractivity contribution in [1.29, 1.82) is 0 Å². The minimum Gasteiger partial charge on any atom is -0.497 e. The van der Waals surface area contributed by atoms with Gasteiger partial charge in [-0.15, -0.1) is 0 Å². The average Bonchev–Trinajstić information content (AvgIpc) is 3.11. The van der Waals surface area contributed by atoms with Crippen molar-refractivity contribution in [2.75, 3.05) is 26.8 Å². The Bertz CT molecular complexity index is 1030. The van der Waals surface area contributed by atoms with Crippen molar-refractivity contribution in [2.45, 2.75) is 26.4 Å². The molecule has 1 aliphatic heterocycles. The lowest BCUT2D eigenvalue weighted by molar-refractivity contribution is -0.138. The Balaban J connectivity index is 1.56. The molecule has 1 unspecified atom stereocenters. The molecule has 4 rings (SSSR count). The number of nitrogens with zero attached hydrogens (tertiary/aromatic N) is 4. The second kappa shape index (κ2) is 8.62. The SMILES string of the molecule is COc1cccc(-c2nccnc2C2CN(C(=O)Cc3c(C)noc3C)CCO2)c1. The van der Waals surface area contributed by atoms with E-state index in [0.717, 1.165) is 28.3 Å². The molecular formula is C22H24N4O4. The summed E-state index contributed by atoms with van der Waals surface area (Å²) in [6.07, 6.45) is 3.20. The smallest absolute Gasteiger partial charge is 0.227 e. The normalized spacial score (nSPS) is 16.5. The summed E-state index contributed by atoms with van der Waals surface area (Å²) in [6.45, 7) is 5.06. The van der Waals surface area contributed by atoms with Gasteiger partial charge in [0.25, 0.3) is 0 Å². The summed E-state index contributed by atoms with van der Waals surface area (Å²) in [5, 5.41) is 3.94. The first-order chi connectivity index (χ1) is 14.6.